The van der Waals surface area contributed by atoms with Gasteiger partial charge in [-0.2, -0.15) is 0 Å². The quantitative estimate of drug-likeness (QED) is 0.463. The Kier molecular flexibility index (Phi) is 3.43. The van der Waals surface area contributed by atoms with E-state index in [0.717, 1.165) is 24.3 Å². The van der Waals surface area contributed by atoms with Gasteiger partial charge in [0.05, 0.1) is 23.3 Å². The van der Waals surface area contributed by atoms with Crippen molar-refractivity contribution in [2.75, 3.05) is 4.90 Å². The zero-order valence-electron chi connectivity index (χ0n) is 11.3. The average molecular weight is 286 g/mol. The van der Waals surface area contributed by atoms with Crippen LogP contribution in [0.3, 0.4) is 0 Å². The van der Waals surface area contributed by atoms with Crippen molar-refractivity contribution in [1.29, 1.82) is 0 Å². The van der Waals surface area contributed by atoms with Crippen LogP contribution in [0.15, 0.2) is 41.0 Å². The maximum absolute atomic E-state index is 11.1. The number of nitro benzene ring substituents is 1. The fraction of sp³-hybridized carbons (Fsp3) is 0.267. The van der Waals surface area contributed by atoms with E-state index in [-0.39, 0.29) is 11.3 Å². The minimum atomic E-state index is -0.540. The predicted molar refractivity (Wildman–Crippen MR) is 76.4 cm³/mol. The fourth-order valence-corrected chi connectivity index (χ4v) is 2.37. The lowest BCUT2D eigenvalue weighted by Crippen LogP contribution is -2.24. The number of hydrogen-bond donors (Lipinski definition) is 0. The van der Waals surface area contributed by atoms with Gasteiger partial charge in [0.15, 0.2) is 6.29 Å². The molecule has 0 unspecified atom stereocenters. The van der Waals surface area contributed by atoms with Crippen LogP contribution in [0.2, 0.25) is 0 Å². The third-order valence-electron chi connectivity index (χ3n) is 3.56. The number of nitrogens with zero attached hydrogens (tertiary/aromatic N) is 2. The van der Waals surface area contributed by atoms with Crippen LogP contribution in [-0.4, -0.2) is 17.3 Å². The lowest BCUT2D eigenvalue weighted by Gasteiger charge is -2.23. The van der Waals surface area contributed by atoms with Crippen LogP contribution in [0.25, 0.3) is 0 Å². The van der Waals surface area contributed by atoms with Crippen molar-refractivity contribution >= 4 is 17.7 Å². The molecule has 0 atom stereocenters. The summed E-state index contributed by atoms with van der Waals surface area (Å²) in [4.78, 5) is 23.5. The van der Waals surface area contributed by atoms with Crippen molar-refractivity contribution in [3.05, 3.63) is 58.0 Å². The number of anilines is 1. The lowest BCUT2D eigenvalue weighted by atomic mass is 10.1. The minimum absolute atomic E-state index is 0.0996. The van der Waals surface area contributed by atoms with E-state index in [9.17, 15) is 14.9 Å². The SMILES string of the molecule is O=Cc1cc(N(Cc2ccco2)C2CC2)ccc1[N+](=O)[O-]. The molecule has 1 aromatic heterocycles. The molecule has 6 heteroatoms. The van der Waals surface area contributed by atoms with Crippen LogP contribution in [-0.2, 0) is 6.54 Å². The first-order valence-corrected chi connectivity index (χ1v) is 6.71. The second kappa shape index (κ2) is 5.40. The summed E-state index contributed by atoms with van der Waals surface area (Å²) in [5.41, 5.74) is 0.742. The lowest BCUT2D eigenvalue weighted by molar-refractivity contribution is -0.385. The summed E-state index contributed by atoms with van der Waals surface area (Å²) in [7, 11) is 0. The summed E-state index contributed by atoms with van der Waals surface area (Å²) in [5, 5.41) is 10.9. The first-order chi connectivity index (χ1) is 10.2. The molecule has 0 saturated heterocycles. The van der Waals surface area contributed by atoms with Gasteiger partial charge in [-0.3, -0.25) is 14.9 Å². The van der Waals surface area contributed by atoms with E-state index in [1.807, 2.05) is 12.1 Å². The molecular weight excluding hydrogens is 272 g/mol. The second-order valence-electron chi connectivity index (χ2n) is 5.06. The molecule has 0 amide bonds. The van der Waals surface area contributed by atoms with Gasteiger partial charge in [-0.1, -0.05) is 0 Å². The molecule has 1 aromatic carbocycles. The standard InChI is InChI=1S/C15H14N2O4/c18-10-11-8-13(5-6-15(11)17(19)20)16(12-3-4-12)9-14-2-1-7-21-14/h1-2,5-8,10,12H,3-4,9H2. The van der Waals surface area contributed by atoms with Crippen molar-refractivity contribution in [1.82, 2.24) is 0 Å². The molecule has 0 N–H and O–H groups in total. The molecule has 0 aliphatic heterocycles. The van der Waals surface area contributed by atoms with E-state index in [4.69, 9.17) is 4.42 Å². The summed E-state index contributed by atoms with van der Waals surface area (Å²) in [6.07, 6.45) is 4.30. The topological polar surface area (TPSA) is 76.6 Å². The monoisotopic (exact) mass is 286 g/mol. The largest absolute Gasteiger partial charge is 0.467 e. The molecule has 21 heavy (non-hydrogen) atoms. The summed E-state index contributed by atoms with van der Waals surface area (Å²) in [6, 6.07) is 8.76. The van der Waals surface area contributed by atoms with Crippen molar-refractivity contribution in [2.45, 2.75) is 25.4 Å². The zero-order valence-corrected chi connectivity index (χ0v) is 11.3. The van der Waals surface area contributed by atoms with Gasteiger partial charge in [0, 0.05) is 17.8 Å². The molecule has 1 fully saturated rings. The summed E-state index contributed by atoms with van der Waals surface area (Å²) < 4.78 is 5.36. The first-order valence-electron chi connectivity index (χ1n) is 6.71. The molecule has 6 nitrogen and oxygen atoms in total. The third kappa shape index (κ3) is 2.79. The van der Waals surface area contributed by atoms with Gasteiger partial charge < -0.3 is 9.32 Å². The van der Waals surface area contributed by atoms with Crippen LogP contribution in [0.5, 0.6) is 0 Å². The number of hydrogen-bond acceptors (Lipinski definition) is 5. The van der Waals surface area contributed by atoms with Crippen molar-refractivity contribution < 1.29 is 14.1 Å². The van der Waals surface area contributed by atoms with Crippen LogP contribution in [0.1, 0.15) is 29.0 Å². The third-order valence-corrected chi connectivity index (χ3v) is 3.56. The molecule has 0 spiro atoms. The van der Waals surface area contributed by atoms with E-state index >= 15 is 0 Å². The Morgan fingerprint density at radius 3 is 2.76 bits per heavy atom. The van der Waals surface area contributed by atoms with Crippen LogP contribution in [0.4, 0.5) is 11.4 Å². The number of aldehydes is 1. The predicted octanol–water partition coefficient (Wildman–Crippen LogP) is 3.17. The van der Waals surface area contributed by atoms with Gasteiger partial charge in [-0.25, -0.2) is 0 Å². The summed E-state index contributed by atoms with van der Waals surface area (Å²) in [6.45, 7) is 0.591. The Bertz CT molecular complexity index is 662. The molecule has 1 heterocycles. The van der Waals surface area contributed by atoms with E-state index in [1.54, 1.807) is 18.4 Å². The van der Waals surface area contributed by atoms with Crippen LogP contribution >= 0.6 is 0 Å². The number of nitro groups is 1. The van der Waals surface area contributed by atoms with Gasteiger partial charge >= 0.3 is 0 Å². The summed E-state index contributed by atoms with van der Waals surface area (Å²) >= 11 is 0. The number of carbonyl (C=O) groups excluding carboxylic acids is 1. The first kappa shape index (κ1) is 13.4. The van der Waals surface area contributed by atoms with Crippen LogP contribution in [0, 0.1) is 10.1 Å². The molecule has 0 radical (unpaired) electrons. The number of benzene rings is 1. The van der Waals surface area contributed by atoms with Crippen molar-refractivity contribution in [3.8, 4) is 0 Å². The van der Waals surface area contributed by atoms with Crippen molar-refractivity contribution in [2.24, 2.45) is 0 Å². The van der Waals surface area contributed by atoms with Gasteiger partial charge in [-0.15, -0.1) is 0 Å². The minimum Gasteiger partial charge on any atom is -0.467 e. The molecule has 2 aromatic rings. The fourth-order valence-electron chi connectivity index (χ4n) is 2.37. The van der Waals surface area contributed by atoms with E-state index < -0.39 is 4.92 Å². The normalized spacial score (nSPS) is 13.9. The molecule has 1 aliphatic rings. The van der Waals surface area contributed by atoms with Crippen LogP contribution < -0.4 is 4.90 Å². The van der Waals surface area contributed by atoms with Gasteiger partial charge in [0.25, 0.3) is 5.69 Å². The van der Waals surface area contributed by atoms with E-state index in [1.165, 1.54) is 6.07 Å². The summed E-state index contributed by atoms with van der Waals surface area (Å²) in [5.74, 6) is 0.827. The maximum atomic E-state index is 11.1. The smallest absolute Gasteiger partial charge is 0.280 e. The van der Waals surface area contributed by atoms with Gasteiger partial charge in [0.1, 0.15) is 5.76 Å². The number of furan rings is 1. The highest BCUT2D eigenvalue weighted by Gasteiger charge is 2.30. The molecular formula is C15H14N2O4. The molecule has 1 saturated carbocycles. The highest BCUT2D eigenvalue weighted by Crippen LogP contribution is 2.34. The zero-order chi connectivity index (χ0) is 14.8. The van der Waals surface area contributed by atoms with E-state index in [2.05, 4.69) is 4.90 Å². The molecule has 0 bridgehead atoms. The molecule has 1 aliphatic carbocycles. The Balaban J connectivity index is 1.92. The Morgan fingerprint density at radius 1 is 1.38 bits per heavy atom. The highest BCUT2D eigenvalue weighted by atomic mass is 16.6. The van der Waals surface area contributed by atoms with Crippen molar-refractivity contribution in [3.63, 3.8) is 0 Å². The maximum Gasteiger partial charge on any atom is 0.280 e. The van der Waals surface area contributed by atoms with Gasteiger partial charge in [-0.05, 0) is 37.1 Å². The Hall–Kier alpha value is -2.63. The second-order valence-corrected chi connectivity index (χ2v) is 5.06. The van der Waals surface area contributed by atoms with E-state index in [0.29, 0.717) is 18.9 Å². The number of carbonyl (C=O) groups is 1. The number of rotatable bonds is 6. The van der Waals surface area contributed by atoms with Gasteiger partial charge in [0.2, 0.25) is 0 Å². The molecule has 3 rings (SSSR count). The average Bonchev–Trinajstić information content (AvgIpc) is 3.20. The Labute approximate surface area is 121 Å². The highest BCUT2D eigenvalue weighted by molar-refractivity contribution is 5.83. The molecule has 108 valence electrons. The Morgan fingerprint density at radius 2 is 2.19 bits per heavy atom.